The second kappa shape index (κ2) is 4.32. The molecule has 3 heteroatoms. The summed E-state index contributed by atoms with van der Waals surface area (Å²) in [5, 5.41) is 9.94. The van der Waals surface area contributed by atoms with Gasteiger partial charge in [-0.1, -0.05) is 23.7 Å². The Balaban J connectivity index is 2.65. The number of nitrogens with zero attached hydrogens (tertiary/aromatic N) is 1. The van der Waals surface area contributed by atoms with E-state index in [-0.39, 0.29) is 6.61 Å². The summed E-state index contributed by atoms with van der Waals surface area (Å²) in [5.74, 6) is 0. The van der Waals surface area contributed by atoms with E-state index in [0.29, 0.717) is 5.02 Å². The number of benzene rings is 1. The van der Waals surface area contributed by atoms with Gasteiger partial charge in [-0.15, -0.1) is 0 Å². The minimum Gasteiger partial charge on any atom is -0.392 e. The molecule has 0 aliphatic carbocycles. The number of hydrogen-bond acceptors (Lipinski definition) is 1. The van der Waals surface area contributed by atoms with Crippen LogP contribution in [0.2, 0.25) is 5.02 Å². The molecule has 16 heavy (non-hydrogen) atoms. The largest absolute Gasteiger partial charge is 0.392 e. The van der Waals surface area contributed by atoms with Crippen molar-refractivity contribution < 1.29 is 5.11 Å². The summed E-state index contributed by atoms with van der Waals surface area (Å²) >= 11 is 6.17. The van der Waals surface area contributed by atoms with Gasteiger partial charge in [-0.25, -0.2) is 0 Å². The van der Waals surface area contributed by atoms with Crippen LogP contribution in [0.3, 0.4) is 0 Å². The van der Waals surface area contributed by atoms with Gasteiger partial charge in [-0.2, -0.15) is 0 Å². The zero-order chi connectivity index (χ0) is 11.7. The first-order valence-corrected chi connectivity index (χ1v) is 5.56. The van der Waals surface area contributed by atoms with Crippen LogP contribution in [-0.4, -0.2) is 9.67 Å². The first-order chi connectivity index (χ1) is 7.65. The SMILES string of the molecule is Cc1cc(CO)c(C)n1-c1ccccc1Cl. The lowest BCUT2D eigenvalue weighted by molar-refractivity contribution is 0.281. The van der Waals surface area contributed by atoms with E-state index in [1.807, 2.05) is 44.2 Å². The molecule has 0 radical (unpaired) electrons. The van der Waals surface area contributed by atoms with Crippen molar-refractivity contribution in [3.05, 3.63) is 52.3 Å². The molecule has 0 spiro atoms. The maximum absolute atomic E-state index is 9.23. The van der Waals surface area contributed by atoms with Gasteiger partial charge >= 0.3 is 0 Å². The van der Waals surface area contributed by atoms with Gasteiger partial charge in [0.2, 0.25) is 0 Å². The van der Waals surface area contributed by atoms with Gasteiger partial charge in [0.1, 0.15) is 0 Å². The van der Waals surface area contributed by atoms with E-state index < -0.39 is 0 Å². The van der Waals surface area contributed by atoms with Gasteiger partial charge in [-0.3, -0.25) is 0 Å². The number of aryl methyl sites for hydroxylation is 1. The predicted octanol–water partition coefficient (Wildman–Crippen LogP) is 3.24. The van der Waals surface area contributed by atoms with Crippen molar-refractivity contribution in [2.45, 2.75) is 20.5 Å². The molecule has 0 aliphatic heterocycles. The maximum atomic E-state index is 9.23. The molecule has 84 valence electrons. The number of halogens is 1. The highest BCUT2D eigenvalue weighted by molar-refractivity contribution is 6.32. The Bertz CT molecular complexity index is 517. The molecule has 0 atom stereocenters. The summed E-state index contributed by atoms with van der Waals surface area (Å²) in [4.78, 5) is 0. The molecule has 0 saturated heterocycles. The van der Waals surface area contributed by atoms with E-state index in [1.54, 1.807) is 0 Å². The molecular formula is C13H14ClNO. The first kappa shape index (κ1) is 11.2. The molecule has 1 heterocycles. The zero-order valence-corrected chi connectivity index (χ0v) is 10.1. The van der Waals surface area contributed by atoms with Crippen LogP contribution in [0.15, 0.2) is 30.3 Å². The summed E-state index contributed by atoms with van der Waals surface area (Å²) in [6.45, 7) is 4.06. The highest BCUT2D eigenvalue weighted by Gasteiger charge is 2.11. The quantitative estimate of drug-likeness (QED) is 0.850. The number of aromatic nitrogens is 1. The first-order valence-electron chi connectivity index (χ1n) is 5.18. The highest BCUT2D eigenvalue weighted by atomic mass is 35.5. The van der Waals surface area contributed by atoms with E-state index in [2.05, 4.69) is 4.57 Å². The number of rotatable bonds is 2. The fraction of sp³-hybridized carbons (Fsp3) is 0.231. The van der Waals surface area contributed by atoms with Crippen molar-refractivity contribution in [2.24, 2.45) is 0 Å². The smallest absolute Gasteiger partial charge is 0.0699 e. The Labute approximate surface area is 100 Å². The van der Waals surface area contributed by atoms with Crippen molar-refractivity contribution in [2.75, 3.05) is 0 Å². The molecule has 0 unspecified atom stereocenters. The topological polar surface area (TPSA) is 25.2 Å². The molecule has 0 saturated carbocycles. The standard InChI is InChI=1S/C13H14ClNO/c1-9-7-11(8-16)10(2)15(9)13-6-4-3-5-12(13)14/h3-7,16H,8H2,1-2H3. The van der Waals surface area contributed by atoms with Crippen molar-refractivity contribution in [1.29, 1.82) is 0 Å². The lowest BCUT2D eigenvalue weighted by atomic mass is 10.2. The number of aliphatic hydroxyl groups is 1. The molecule has 0 amide bonds. The molecule has 0 fully saturated rings. The molecule has 1 N–H and O–H groups in total. The molecular weight excluding hydrogens is 222 g/mol. The third kappa shape index (κ3) is 1.75. The van der Waals surface area contributed by atoms with Crippen molar-refractivity contribution in [3.8, 4) is 5.69 Å². The Morgan fingerprint density at radius 3 is 2.50 bits per heavy atom. The van der Waals surface area contributed by atoms with E-state index in [4.69, 9.17) is 11.6 Å². The van der Waals surface area contributed by atoms with Crippen LogP contribution in [0.1, 0.15) is 17.0 Å². The second-order valence-corrected chi connectivity index (χ2v) is 4.25. The Hall–Kier alpha value is -1.25. The van der Waals surface area contributed by atoms with Gasteiger partial charge in [0.15, 0.2) is 0 Å². The number of aliphatic hydroxyl groups excluding tert-OH is 1. The third-order valence-electron chi connectivity index (χ3n) is 2.80. The van der Waals surface area contributed by atoms with Crippen LogP contribution in [-0.2, 0) is 6.61 Å². The molecule has 1 aromatic carbocycles. The summed E-state index contributed by atoms with van der Waals surface area (Å²) in [6.07, 6.45) is 0. The maximum Gasteiger partial charge on any atom is 0.0699 e. The second-order valence-electron chi connectivity index (χ2n) is 3.84. The van der Waals surface area contributed by atoms with Crippen LogP contribution >= 0.6 is 11.6 Å². The van der Waals surface area contributed by atoms with Crippen LogP contribution in [0, 0.1) is 13.8 Å². The average molecular weight is 236 g/mol. The predicted molar refractivity (Wildman–Crippen MR) is 66.2 cm³/mol. The summed E-state index contributed by atoms with van der Waals surface area (Å²) in [7, 11) is 0. The van der Waals surface area contributed by atoms with Crippen molar-refractivity contribution in [3.63, 3.8) is 0 Å². The summed E-state index contributed by atoms with van der Waals surface area (Å²) in [6, 6.07) is 9.70. The van der Waals surface area contributed by atoms with E-state index in [0.717, 1.165) is 22.6 Å². The lowest BCUT2D eigenvalue weighted by Gasteiger charge is -2.11. The van der Waals surface area contributed by atoms with Crippen LogP contribution in [0.25, 0.3) is 5.69 Å². The van der Waals surface area contributed by atoms with Crippen LogP contribution < -0.4 is 0 Å². The molecule has 2 aromatic rings. The normalized spacial score (nSPS) is 10.8. The lowest BCUT2D eigenvalue weighted by Crippen LogP contribution is -2.00. The van der Waals surface area contributed by atoms with E-state index in [1.165, 1.54) is 0 Å². The van der Waals surface area contributed by atoms with Gasteiger partial charge in [0.05, 0.1) is 17.3 Å². The average Bonchev–Trinajstić information content (AvgIpc) is 2.55. The highest BCUT2D eigenvalue weighted by Crippen LogP contribution is 2.26. The zero-order valence-electron chi connectivity index (χ0n) is 9.37. The monoisotopic (exact) mass is 235 g/mol. The van der Waals surface area contributed by atoms with Crippen LogP contribution in [0.4, 0.5) is 0 Å². The molecule has 2 nitrogen and oxygen atoms in total. The van der Waals surface area contributed by atoms with E-state index in [9.17, 15) is 5.11 Å². The van der Waals surface area contributed by atoms with Crippen molar-refractivity contribution in [1.82, 2.24) is 4.57 Å². The fourth-order valence-corrected chi connectivity index (χ4v) is 2.21. The minimum atomic E-state index is 0.0596. The Morgan fingerprint density at radius 1 is 1.25 bits per heavy atom. The molecule has 1 aromatic heterocycles. The van der Waals surface area contributed by atoms with Gasteiger partial charge in [0.25, 0.3) is 0 Å². The number of hydrogen-bond donors (Lipinski definition) is 1. The Kier molecular flexibility index (Phi) is 3.03. The van der Waals surface area contributed by atoms with Gasteiger partial charge in [-0.05, 0) is 37.6 Å². The summed E-state index contributed by atoms with van der Waals surface area (Å²) in [5.41, 5.74) is 4.01. The van der Waals surface area contributed by atoms with Gasteiger partial charge in [0, 0.05) is 11.4 Å². The van der Waals surface area contributed by atoms with E-state index >= 15 is 0 Å². The van der Waals surface area contributed by atoms with Crippen molar-refractivity contribution >= 4 is 11.6 Å². The van der Waals surface area contributed by atoms with Gasteiger partial charge < -0.3 is 9.67 Å². The van der Waals surface area contributed by atoms with Crippen LogP contribution in [0.5, 0.6) is 0 Å². The Morgan fingerprint density at radius 2 is 1.94 bits per heavy atom. The molecule has 0 aliphatic rings. The fourth-order valence-electron chi connectivity index (χ4n) is 1.99. The molecule has 2 rings (SSSR count). The summed E-state index contributed by atoms with van der Waals surface area (Å²) < 4.78 is 2.06. The minimum absolute atomic E-state index is 0.0596. The number of para-hydroxylation sites is 1. The third-order valence-corrected chi connectivity index (χ3v) is 3.12. The molecule has 0 bridgehead atoms.